The molecule has 2 aliphatic rings. The van der Waals surface area contributed by atoms with E-state index in [-0.39, 0.29) is 18.0 Å². The Kier molecular flexibility index (Phi) is 4.87. The van der Waals surface area contributed by atoms with Crippen molar-refractivity contribution in [3.63, 3.8) is 0 Å². The Balaban J connectivity index is 1.40. The van der Waals surface area contributed by atoms with E-state index in [4.69, 9.17) is 0 Å². The zero-order valence-corrected chi connectivity index (χ0v) is 17.3. The Morgan fingerprint density at radius 1 is 1.00 bits per heavy atom. The van der Waals surface area contributed by atoms with Crippen molar-refractivity contribution in [1.82, 2.24) is 24.6 Å². The first-order valence-corrected chi connectivity index (χ1v) is 10.4. The van der Waals surface area contributed by atoms with Gasteiger partial charge in [0.1, 0.15) is 11.5 Å². The normalized spacial score (nSPS) is 20.6. The number of fused-ring (bicyclic) bond motifs is 2. The summed E-state index contributed by atoms with van der Waals surface area (Å²) in [4.78, 5) is 25.6. The van der Waals surface area contributed by atoms with E-state index in [2.05, 4.69) is 15.1 Å². The number of rotatable bonds is 3. The van der Waals surface area contributed by atoms with Gasteiger partial charge in [-0.2, -0.15) is 18.3 Å². The fourth-order valence-electron chi connectivity index (χ4n) is 4.65. The molecule has 2 bridgehead atoms. The lowest BCUT2D eigenvalue weighted by Gasteiger charge is -2.41. The Morgan fingerprint density at radius 2 is 1.72 bits per heavy atom. The van der Waals surface area contributed by atoms with Gasteiger partial charge in [-0.25, -0.2) is 14.6 Å². The van der Waals surface area contributed by atoms with E-state index >= 15 is 0 Å². The lowest BCUT2D eigenvalue weighted by molar-refractivity contribution is -0.137. The van der Waals surface area contributed by atoms with E-state index < -0.39 is 11.7 Å². The summed E-state index contributed by atoms with van der Waals surface area (Å²) in [6.07, 6.45) is 0.0110. The summed E-state index contributed by atoms with van der Waals surface area (Å²) >= 11 is 0. The number of pyridine rings is 2. The van der Waals surface area contributed by atoms with Gasteiger partial charge in [0, 0.05) is 37.6 Å². The zero-order valence-electron chi connectivity index (χ0n) is 17.3. The van der Waals surface area contributed by atoms with Crippen molar-refractivity contribution in [2.75, 3.05) is 18.0 Å². The lowest BCUT2D eigenvalue weighted by Crippen LogP contribution is -2.56. The molecule has 3 aromatic rings. The molecule has 2 fully saturated rings. The van der Waals surface area contributed by atoms with E-state index in [9.17, 15) is 18.0 Å². The van der Waals surface area contributed by atoms with Crippen molar-refractivity contribution < 1.29 is 18.0 Å². The minimum Gasteiger partial charge on any atom is -0.347 e. The fourth-order valence-corrected chi connectivity index (χ4v) is 4.65. The summed E-state index contributed by atoms with van der Waals surface area (Å²) in [5.41, 5.74) is 0.412. The molecule has 1 amide bonds. The van der Waals surface area contributed by atoms with Gasteiger partial charge in [0.2, 0.25) is 0 Å². The van der Waals surface area contributed by atoms with E-state index in [1.165, 1.54) is 6.20 Å². The first-order chi connectivity index (χ1) is 15.3. The third-order valence-corrected chi connectivity index (χ3v) is 6.02. The Bertz CT molecular complexity index is 1130. The van der Waals surface area contributed by atoms with Crippen molar-refractivity contribution in [1.29, 1.82) is 0 Å². The van der Waals surface area contributed by atoms with Crippen LogP contribution >= 0.6 is 0 Å². The van der Waals surface area contributed by atoms with Crippen LogP contribution < -0.4 is 4.90 Å². The van der Waals surface area contributed by atoms with Crippen molar-refractivity contribution >= 4 is 11.7 Å². The average Bonchev–Trinajstić information content (AvgIpc) is 3.30. The van der Waals surface area contributed by atoms with Crippen molar-refractivity contribution in [3.05, 3.63) is 65.7 Å². The summed E-state index contributed by atoms with van der Waals surface area (Å²) in [6.45, 7) is 2.65. The van der Waals surface area contributed by atoms with Gasteiger partial charge in [-0.15, -0.1) is 0 Å². The molecule has 3 aromatic heterocycles. The van der Waals surface area contributed by atoms with Crippen LogP contribution in [0.4, 0.5) is 19.0 Å². The maximum absolute atomic E-state index is 13.4. The Morgan fingerprint density at radius 3 is 2.38 bits per heavy atom. The number of piperazine rings is 1. The SMILES string of the molecule is Cc1cc(C(=O)N2CC3CCC(C2)N3c2cc(C(F)(F)F)ccn2)n(-c2ccccn2)n1. The maximum Gasteiger partial charge on any atom is 0.416 e. The third-order valence-electron chi connectivity index (χ3n) is 6.02. The first-order valence-electron chi connectivity index (χ1n) is 10.4. The predicted molar refractivity (Wildman–Crippen MR) is 111 cm³/mol. The highest BCUT2D eigenvalue weighted by molar-refractivity contribution is 5.93. The van der Waals surface area contributed by atoms with E-state index in [1.54, 1.807) is 34.0 Å². The minimum atomic E-state index is -4.42. The molecule has 2 atom stereocenters. The van der Waals surface area contributed by atoms with Gasteiger partial charge in [-0.3, -0.25) is 4.79 Å². The third kappa shape index (κ3) is 3.59. The van der Waals surface area contributed by atoms with Crippen molar-refractivity contribution in [2.24, 2.45) is 0 Å². The molecule has 10 heteroatoms. The molecule has 166 valence electrons. The van der Waals surface area contributed by atoms with Crippen LogP contribution in [-0.2, 0) is 6.18 Å². The molecule has 0 saturated carbocycles. The van der Waals surface area contributed by atoms with Gasteiger partial charge in [-0.1, -0.05) is 6.07 Å². The molecule has 32 heavy (non-hydrogen) atoms. The number of hydrogen-bond donors (Lipinski definition) is 0. The first kappa shape index (κ1) is 20.5. The highest BCUT2D eigenvalue weighted by Crippen LogP contribution is 2.37. The largest absolute Gasteiger partial charge is 0.416 e. The van der Waals surface area contributed by atoms with E-state index in [0.717, 1.165) is 25.0 Å². The summed E-state index contributed by atoms with van der Waals surface area (Å²) in [7, 11) is 0. The minimum absolute atomic E-state index is 0.0824. The van der Waals surface area contributed by atoms with Gasteiger partial charge in [-0.05, 0) is 50.1 Å². The number of nitrogens with zero attached hydrogens (tertiary/aromatic N) is 6. The second kappa shape index (κ2) is 7.61. The van der Waals surface area contributed by atoms with E-state index in [0.29, 0.717) is 36.1 Å². The second-order valence-corrected chi connectivity index (χ2v) is 8.17. The smallest absolute Gasteiger partial charge is 0.347 e. The number of aryl methyl sites for hydroxylation is 1. The highest BCUT2D eigenvalue weighted by Gasteiger charge is 2.43. The number of hydrogen-bond acceptors (Lipinski definition) is 5. The molecule has 7 nitrogen and oxygen atoms in total. The van der Waals surface area contributed by atoms with Gasteiger partial charge >= 0.3 is 6.18 Å². The number of carbonyl (C=O) groups is 1. The molecule has 5 rings (SSSR count). The van der Waals surface area contributed by atoms with Gasteiger partial charge in [0.25, 0.3) is 5.91 Å². The van der Waals surface area contributed by atoms with Crippen LogP contribution in [-0.4, -0.2) is 55.7 Å². The topological polar surface area (TPSA) is 67.2 Å². The standard InChI is InChI=1S/C22H21F3N6O/c1-14-10-18(31(28-14)19-4-2-3-8-26-19)21(32)29-12-16-5-6-17(13-29)30(16)20-11-15(7-9-27-20)22(23,24)25/h2-4,7-11,16-17H,5-6,12-13H2,1H3. The monoisotopic (exact) mass is 442 g/mol. The van der Waals surface area contributed by atoms with Crippen LogP contribution in [0.1, 0.15) is 34.6 Å². The number of amides is 1. The summed E-state index contributed by atoms with van der Waals surface area (Å²) in [6, 6.07) is 9.05. The molecule has 0 aliphatic carbocycles. The number of aromatic nitrogens is 4. The highest BCUT2D eigenvalue weighted by atomic mass is 19.4. The molecular weight excluding hydrogens is 421 g/mol. The molecular formula is C22H21F3N6O. The van der Waals surface area contributed by atoms with Gasteiger partial charge < -0.3 is 9.80 Å². The van der Waals surface area contributed by atoms with Crippen LogP contribution in [0.2, 0.25) is 0 Å². The van der Waals surface area contributed by atoms with E-state index in [1.807, 2.05) is 17.9 Å². The number of halogens is 3. The maximum atomic E-state index is 13.4. The van der Waals surface area contributed by atoms with Gasteiger partial charge in [0.05, 0.1) is 11.3 Å². The van der Waals surface area contributed by atoms with Crippen molar-refractivity contribution in [3.8, 4) is 5.82 Å². The van der Waals surface area contributed by atoms with Crippen LogP contribution in [0, 0.1) is 6.92 Å². The fraction of sp³-hybridized carbons (Fsp3) is 0.364. The second-order valence-electron chi connectivity index (χ2n) is 8.17. The molecule has 0 radical (unpaired) electrons. The average molecular weight is 442 g/mol. The Labute approximate surface area is 182 Å². The lowest BCUT2D eigenvalue weighted by atomic mass is 10.1. The van der Waals surface area contributed by atoms with Crippen LogP contribution in [0.25, 0.3) is 5.82 Å². The molecule has 2 saturated heterocycles. The zero-order chi connectivity index (χ0) is 22.5. The predicted octanol–water partition coefficient (Wildman–Crippen LogP) is 3.48. The molecule has 5 heterocycles. The molecule has 0 spiro atoms. The van der Waals surface area contributed by atoms with Crippen LogP contribution in [0.5, 0.6) is 0 Å². The number of anilines is 1. The Hall–Kier alpha value is -3.43. The summed E-state index contributed by atoms with van der Waals surface area (Å²) in [5.74, 6) is 0.706. The molecule has 2 unspecified atom stereocenters. The molecule has 2 aliphatic heterocycles. The number of carbonyl (C=O) groups excluding carboxylic acids is 1. The number of likely N-dealkylation sites (tertiary alicyclic amines) is 1. The van der Waals surface area contributed by atoms with Gasteiger partial charge in [0.15, 0.2) is 5.82 Å². The van der Waals surface area contributed by atoms with Crippen LogP contribution in [0.15, 0.2) is 48.8 Å². The summed E-state index contributed by atoms with van der Waals surface area (Å²) in [5, 5.41) is 4.43. The quantitative estimate of drug-likeness (QED) is 0.621. The molecule has 0 aromatic carbocycles. The van der Waals surface area contributed by atoms with Crippen molar-refractivity contribution in [2.45, 2.75) is 38.0 Å². The molecule has 0 N–H and O–H groups in total. The summed E-state index contributed by atoms with van der Waals surface area (Å²) < 4.78 is 41.0. The van der Waals surface area contributed by atoms with Crippen LogP contribution in [0.3, 0.4) is 0 Å². The number of alkyl halides is 3.